The Morgan fingerprint density at radius 3 is 2.47 bits per heavy atom. The summed E-state index contributed by atoms with van der Waals surface area (Å²) in [6.07, 6.45) is 1.70. The van der Waals surface area contributed by atoms with Gasteiger partial charge in [0, 0.05) is 23.7 Å². The fraction of sp³-hybridized carbons (Fsp3) is 0.407. The number of methoxy groups -OCH3 is 2. The average molecular weight is 482 g/mol. The highest BCUT2D eigenvalue weighted by Crippen LogP contribution is 2.28. The first-order chi connectivity index (χ1) is 16.2. The van der Waals surface area contributed by atoms with Crippen molar-refractivity contribution in [2.75, 3.05) is 20.8 Å². The van der Waals surface area contributed by atoms with Crippen LogP contribution in [0.3, 0.4) is 0 Å². The molecule has 1 atom stereocenters. The number of nitrogens with zero attached hydrogens (tertiary/aromatic N) is 1. The van der Waals surface area contributed by atoms with Crippen LogP contribution in [-0.2, 0) is 13.0 Å². The van der Waals surface area contributed by atoms with Crippen LogP contribution in [0.15, 0.2) is 41.2 Å². The van der Waals surface area contributed by atoms with Crippen LogP contribution in [0, 0.1) is 13.8 Å². The molecule has 2 N–H and O–H groups in total. The van der Waals surface area contributed by atoms with Crippen LogP contribution in [0.2, 0.25) is 0 Å². The minimum Gasteiger partial charge on any atom is -0.493 e. The van der Waals surface area contributed by atoms with Crippen LogP contribution in [0.4, 0.5) is 0 Å². The molecular weight excluding hydrogens is 446 g/mol. The fourth-order valence-corrected chi connectivity index (χ4v) is 4.16. The van der Waals surface area contributed by atoms with E-state index in [4.69, 9.17) is 21.7 Å². The van der Waals surface area contributed by atoms with Crippen molar-refractivity contribution in [1.29, 1.82) is 0 Å². The molecule has 0 spiro atoms. The second kappa shape index (κ2) is 11.4. The number of hydrogen-bond donors (Lipinski definition) is 2. The molecule has 0 amide bonds. The highest BCUT2D eigenvalue weighted by molar-refractivity contribution is 7.80. The minimum atomic E-state index is -0.0850. The maximum absolute atomic E-state index is 12.9. The third kappa shape index (κ3) is 6.08. The van der Waals surface area contributed by atoms with Gasteiger partial charge in [-0.2, -0.15) is 0 Å². The molecule has 0 bridgehead atoms. The summed E-state index contributed by atoms with van der Waals surface area (Å²) in [5, 5.41) is 5.07. The Kier molecular flexibility index (Phi) is 8.56. The van der Waals surface area contributed by atoms with Gasteiger partial charge >= 0.3 is 0 Å². The van der Waals surface area contributed by atoms with Gasteiger partial charge in [-0.3, -0.25) is 4.79 Å². The molecule has 0 aliphatic heterocycles. The maximum Gasteiger partial charge on any atom is 0.253 e. The first-order valence-corrected chi connectivity index (χ1v) is 12.1. The van der Waals surface area contributed by atoms with Crippen molar-refractivity contribution in [3.8, 4) is 11.5 Å². The van der Waals surface area contributed by atoms with Crippen molar-refractivity contribution in [2.45, 2.75) is 53.1 Å². The van der Waals surface area contributed by atoms with E-state index in [-0.39, 0.29) is 11.6 Å². The Labute approximate surface area is 207 Å². The van der Waals surface area contributed by atoms with Gasteiger partial charge in [-0.25, -0.2) is 0 Å². The number of nitrogens with one attached hydrogen (secondary N) is 2. The number of aromatic amines is 1. The number of rotatable bonds is 9. The van der Waals surface area contributed by atoms with E-state index >= 15 is 0 Å². The Balaban J connectivity index is 1.87. The second-order valence-corrected chi connectivity index (χ2v) is 9.15. The normalized spacial score (nSPS) is 11.8. The number of hydrogen-bond acceptors (Lipinski definition) is 4. The van der Waals surface area contributed by atoms with Gasteiger partial charge in [0.15, 0.2) is 16.6 Å². The Morgan fingerprint density at radius 1 is 1.09 bits per heavy atom. The van der Waals surface area contributed by atoms with E-state index < -0.39 is 0 Å². The molecule has 0 aliphatic rings. The first-order valence-electron chi connectivity index (χ1n) is 11.6. The Morgan fingerprint density at radius 2 is 1.79 bits per heavy atom. The molecule has 0 saturated heterocycles. The van der Waals surface area contributed by atoms with Crippen LogP contribution in [0.1, 0.15) is 42.5 Å². The number of pyridine rings is 1. The summed E-state index contributed by atoms with van der Waals surface area (Å²) >= 11 is 5.76. The Hall–Kier alpha value is -3.06. The van der Waals surface area contributed by atoms with Crippen molar-refractivity contribution in [3.05, 3.63) is 69.0 Å². The third-order valence-electron chi connectivity index (χ3n) is 6.28. The third-order valence-corrected chi connectivity index (χ3v) is 6.66. The average Bonchev–Trinajstić information content (AvgIpc) is 2.82. The van der Waals surface area contributed by atoms with E-state index in [0.717, 1.165) is 34.9 Å². The number of fused-ring (bicyclic) bond motifs is 1. The van der Waals surface area contributed by atoms with E-state index in [1.807, 2.05) is 30.3 Å². The van der Waals surface area contributed by atoms with Gasteiger partial charge in [0.05, 0.1) is 20.8 Å². The first kappa shape index (κ1) is 25.6. The summed E-state index contributed by atoms with van der Waals surface area (Å²) < 4.78 is 10.8. The lowest BCUT2D eigenvalue weighted by Gasteiger charge is -2.28. The van der Waals surface area contributed by atoms with Crippen molar-refractivity contribution in [1.82, 2.24) is 15.2 Å². The van der Waals surface area contributed by atoms with Gasteiger partial charge in [-0.05, 0) is 98.2 Å². The monoisotopic (exact) mass is 481 g/mol. The molecule has 34 heavy (non-hydrogen) atoms. The molecule has 1 aromatic heterocycles. The number of H-pyrrole nitrogens is 1. The molecule has 6 nitrogen and oxygen atoms in total. The minimum absolute atomic E-state index is 0.0850. The summed E-state index contributed by atoms with van der Waals surface area (Å²) in [6, 6.07) is 12.3. The van der Waals surface area contributed by atoms with Gasteiger partial charge in [0.1, 0.15) is 0 Å². The zero-order valence-corrected chi connectivity index (χ0v) is 21.8. The zero-order chi connectivity index (χ0) is 24.8. The van der Waals surface area contributed by atoms with E-state index in [1.165, 1.54) is 5.56 Å². The molecular formula is C27H35N3O3S. The molecule has 3 rings (SSSR count). The number of aromatic nitrogens is 1. The zero-order valence-electron chi connectivity index (χ0n) is 21.0. The molecule has 2 aromatic carbocycles. The summed E-state index contributed by atoms with van der Waals surface area (Å²) in [4.78, 5) is 18.0. The van der Waals surface area contributed by atoms with Crippen LogP contribution in [0.25, 0.3) is 10.9 Å². The van der Waals surface area contributed by atoms with Crippen molar-refractivity contribution >= 4 is 28.2 Å². The quantitative estimate of drug-likeness (QED) is 0.425. The van der Waals surface area contributed by atoms with E-state index in [1.54, 1.807) is 14.2 Å². The lowest BCUT2D eigenvalue weighted by atomic mass is 10.0. The number of thiocarbonyl (C=S) groups is 1. The molecule has 7 heteroatoms. The molecule has 3 aromatic rings. The predicted octanol–water partition coefficient (Wildman–Crippen LogP) is 4.88. The Bertz CT molecular complexity index is 1220. The van der Waals surface area contributed by atoms with Crippen LogP contribution in [0.5, 0.6) is 11.5 Å². The van der Waals surface area contributed by atoms with Gasteiger partial charge < -0.3 is 24.7 Å². The van der Waals surface area contributed by atoms with Crippen LogP contribution in [-0.4, -0.2) is 41.8 Å². The fourth-order valence-electron chi connectivity index (χ4n) is 3.80. The SMILES string of the molecule is CC[C@H](C)NC(=S)N(CCc1ccc(OC)c(OC)c1)Cc1cc2cc(C)c(C)cc2[nH]c1=O. The van der Waals surface area contributed by atoms with Gasteiger partial charge in [-0.1, -0.05) is 13.0 Å². The molecule has 1 heterocycles. The molecule has 0 aliphatic carbocycles. The lowest BCUT2D eigenvalue weighted by molar-refractivity contribution is 0.354. The van der Waals surface area contributed by atoms with E-state index in [0.29, 0.717) is 35.3 Å². The molecule has 0 saturated carbocycles. The second-order valence-electron chi connectivity index (χ2n) is 8.77. The van der Waals surface area contributed by atoms with Crippen molar-refractivity contribution in [3.63, 3.8) is 0 Å². The number of benzene rings is 2. The van der Waals surface area contributed by atoms with Crippen molar-refractivity contribution in [2.24, 2.45) is 0 Å². The maximum atomic E-state index is 12.9. The largest absolute Gasteiger partial charge is 0.493 e. The molecule has 182 valence electrons. The number of ether oxygens (including phenoxy) is 2. The number of aryl methyl sites for hydroxylation is 2. The summed E-state index contributed by atoms with van der Waals surface area (Å²) in [5.41, 5.74) is 4.92. The summed E-state index contributed by atoms with van der Waals surface area (Å²) in [7, 11) is 3.26. The lowest BCUT2D eigenvalue weighted by Crippen LogP contribution is -2.44. The van der Waals surface area contributed by atoms with E-state index in [9.17, 15) is 4.79 Å². The topological polar surface area (TPSA) is 66.6 Å². The summed E-state index contributed by atoms with van der Waals surface area (Å²) in [6.45, 7) is 9.44. The smallest absolute Gasteiger partial charge is 0.253 e. The van der Waals surface area contributed by atoms with E-state index in [2.05, 4.69) is 49.0 Å². The highest BCUT2D eigenvalue weighted by atomic mass is 32.1. The molecule has 0 radical (unpaired) electrons. The van der Waals surface area contributed by atoms with Gasteiger partial charge in [-0.15, -0.1) is 0 Å². The predicted molar refractivity (Wildman–Crippen MR) is 143 cm³/mol. The van der Waals surface area contributed by atoms with Crippen LogP contribution < -0.4 is 20.3 Å². The highest BCUT2D eigenvalue weighted by Gasteiger charge is 2.16. The molecule has 0 unspecified atom stereocenters. The van der Waals surface area contributed by atoms with Crippen molar-refractivity contribution < 1.29 is 9.47 Å². The van der Waals surface area contributed by atoms with Crippen LogP contribution >= 0.6 is 12.2 Å². The molecule has 0 fully saturated rings. The standard InChI is InChI=1S/C27H35N3O3S/c1-7-19(4)28-27(34)30(11-10-20-8-9-24(32-5)25(14-20)33-6)16-22-15-21-12-17(2)18(3)13-23(21)29-26(22)31/h8-9,12-15,19H,7,10-11,16H2,1-6H3,(H,28,34)(H,29,31)/t19-/m0/s1. The van der Waals surface area contributed by atoms with Gasteiger partial charge in [0.2, 0.25) is 0 Å². The van der Waals surface area contributed by atoms with Gasteiger partial charge in [0.25, 0.3) is 5.56 Å². The summed E-state index contributed by atoms with van der Waals surface area (Å²) in [5.74, 6) is 1.40.